The standard InChI is InChI=1S/C19H17ClN4O/c1-12-18(24-9-7-14(20)10-17(24)23-12)19(25)21-8-6-13-11-22-16-5-3-2-4-15(13)16/h2-5,7,9-11,22H,6,8H2,1H3,(H,21,25). The summed E-state index contributed by atoms with van der Waals surface area (Å²) in [6.07, 6.45) is 4.53. The predicted octanol–water partition coefficient (Wildman–Crippen LogP) is 3.75. The second kappa shape index (κ2) is 6.26. The van der Waals surface area contributed by atoms with Crippen LogP contribution in [0.5, 0.6) is 0 Å². The molecular weight excluding hydrogens is 336 g/mol. The Kier molecular flexibility index (Phi) is 3.93. The van der Waals surface area contributed by atoms with Crippen molar-refractivity contribution in [1.29, 1.82) is 0 Å². The van der Waals surface area contributed by atoms with Gasteiger partial charge in [0, 0.05) is 40.9 Å². The SMILES string of the molecule is Cc1nc2cc(Cl)ccn2c1C(=O)NCCc1c[nH]c2ccccc12. The number of para-hydroxylation sites is 1. The Balaban J connectivity index is 1.50. The van der Waals surface area contributed by atoms with Gasteiger partial charge in [0.05, 0.1) is 5.69 Å². The number of pyridine rings is 1. The second-order valence-corrected chi connectivity index (χ2v) is 6.42. The van der Waals surface area contributed by atoms with Gasteiger partial charge in [-0.15, -0.1) is 0 Å². The first-order valence-electron chi connectivity index (χ1n) is 8.11. The molecular formula is C19H17ClN4O. The van der Waals surface area contributed by atoms with Crippen LogP contribution in [0, 0.1) is 6.92 Å². The maximum Gasteiger partial charge on any atom is 0.270 e. The zero-order valence-corrected chi connectivity index (χ0v) is 14.5. The molecule has 3 aromatic heterocycles. The summed E-state index contributed by atoms with van der Waals surface area (Å²) >= 11 is 5.99. The maximum absolute atomic E-state index is 12.6. The molecule has 0 fully saturated rings. The monoisotopic (exact) mass is 352 g/mol. The van der Waals surface area contributed by atoms with E-state index in [2.05, 4.69) is 21.4 Å². The Morgan fingerprint density at radius 2 is 2.16 bits per heavy atom. The van der Waals surface area contributed by atoms with E-state index in [1.807, 2.05) is 31.3 Å². The molecule has 0 bridgehead atoms. The Hall–Kier alpha value is -2.79. The van der Waals surface area contributed by atoms with Crippen LogP contribution in [0.4, 0.5) is 0 Å². The number of aromatic amines is 1. The van der Waals surface area contributed by atoms with Gasteiger partial charge in [-0.3, -0.25) is 9.20 Å². The number of halogens is 1. The first-order chi connectivity index (χ1) is 12.1. The summed E-state index contributed by atoms with van der Waals surface area (Å²) in [6.45, 7) is 2.39. The summed E-state index contributed by atoms with van der Waals surface area (Å²) in [5.74, 6) is -0.132. The average molecular weight is 353 g/mol. The minimum absolute atomic E-state index is 0.132. The van der Waals surface area contributed by atoms with Crippen molar-refractivity contribution in [1.82, 2.24) is 19.7 Å². The maximum atomic E-state index is 12.6. The number of rotatable bonds is 4. The Morgan fingerprint density at radius 3 is 3.04 bits per heavy atom. The fraction of sp³-hybridized carbons (Fsp3) is 0.158. The highest BCUT2D eigenvalue weighted by Crippen LogP contribution is 2.18. The number of benzene rings is 1. The van der Waals surface area contributed by atoms with E-state index in [9.17, 15) is 4.79 Å². The molecule has 25 heavy (non-hydrogen) atoms. The van der Waals surface area contributed by atoms with Gasteiger partial charge in [-0.25, -0.2) is 4.98 Å². The molecule has 3 heterocycles. The Labute approximate surface area is 149 Å². The molecule has 0 aliphatic rings. The van der Waals surface area contributed by atoms with Gasteiger partial charge in [0.1, 0.15) is 11.3 Å². The number of aryl methyl sites for hydroxylation is 1. The third-order valence-electron chi connectivity index (χ3n) is 4.33. The molecule has 0 atom stereocenters. The van der Waals surface area contributed by atoms with Crippen LogP contribution in [0.1, 0.15) is 21.7 Å². The van der Waals surface area contributed by atoms with Gasteiger partial charge in [-0.05, 0) is 31.0 Å². The van der Waals surface area contributed by atoms with Crippen LogP contribution in [0.3, 0.4) is 0 Å². The number of H-pyrrole nitrogens is 1. The highest BCUT2D eigenvalue weighted by atomic mass is 35.5. The number of hydrogen-bond acceptors (Lipinski definition) is 2. The number of nitrogens with zero attached hydrogens (tertiary/aromatic N) is 2. The Morgan fingerprint density at radius 1 is 1.32 bits per heavy atom. The topological polar surface area (TPSA) is 62.2 Å². The summed E-state index contributed by atoms with van der Waals surface area (Å²) in [5, 5.41) is 4.78. The van der Waals surface area contributed by atoms with Gasteiger partial charge >= 0.3 is 0 Å². The average Bonchev–Trinajstić information content (AvgIpc) is 3.14. The minimum atomic E-state index is -0.132. The lowest BCUT2D eigenvalue weighted by Crippen LogP contribution is -2.27. The van der Waals surface area contributed by atoms with Gasteiger partial charge in [0.25, 0.3) is 5.91 Å². The van der Waals surface area contributed by atoms with Crippen LogP contribution < -0.4 is 5.32 Å². The summed E-state index contributed by atoms with van der Waals surface area (Å²) < 4.78 is 1.77. The van der Waals surface area contributed by atoms with Crippen LogP contribution in [0.15, 0.2) is 48.8 Å². The molecule has 6 heteroatoms. The van der Waals surface area contributed by atoms with Crippen molar-refractivity contribution in [2.75, 3.05) is 6.54 Å². The molecule has 0 saturated carbocycles. The fourth-order valence-electron chi connectivity index (χ4n) is 3.14. The third-order valence-corrected chi connectivity index (χ3v) is 4.57. The zero-order valence-electron chi connectivity index (χ0n) is 13.7. The van der Waals surface area contributed by atoms with Crippen molar-refractivity contribution in [2.45, 2.75) is 13.3 Å². The van der Waals surface area contributed by atoms with Gasteiger partial charge in [-0.1, -0.05) is 29.8 Å². The molecule has 4 aromatic rings. The van der Waals surface area contributed by atoms with Crippen LogP contribution in [0.2, 0.25) is 5.02 Å². The van der Waals surface area contributed by atoms with Crippen LogP contribution in [0.25, 0.3) is 16.6 Å². The summed E-state index contributed by atoms with van der Waals surface area (Å²) in [6, 6.07) is 11.6. The number of fused-ring (bicyclic) bond motifs is 2. The molecule has 0 aliphatic heterocycles. The molecule has 1 amide bonds. The molecule has 5 nitrogen and oxygen atoms in total. The first kappa shape index (κ1) is 15.7. The lowest BCUT2D eigenvalue weighted by atomic mass is 10.1. The number of hydrogen-bond donors (Lipinski definition) is 2. The molecule has 0 spiro atoms. The highest BCUT2D eigenvalue weighted by molar-refractivity contribution is 6.30. The van der Waals surface area contributed by atoms with Gasteiger partial charge in [0.2, 0.25) is 0 Å². The summed E-state index contributed by atoms with van der Waals surface area (Å²) in [7, 11) is 0. The van der Waals surface area contributed by atoms with Crippen molar-refractivity contribution in [3.63, 3.8) is 0 Å². The van der Waals surface area contributed by atoms with Crippen molar-refractivity contribution < 1.29 is 4.79 Å². The molecule has 0 radical (unpaired) electrons. The van der Waals surface area contributed by atoms with E-state index in [1.165, 1.54) is 10.9 Å². The minimum Gasteiger partial charge on any atom is -0.361 e. The van der Waals surface area contributed by atoms with E-state index in [1.54, 1.807) is 22.7 Å². The normalized spacial score (nSPS) is 11.3. The summed E-state index contributed by atoms with van der Waals surface area (Å²) in [5.41, 5.74) is 4.21. The first-order valence-corrected chi connectivity index (χ1v) is 8.48. The largest absolute Gasteiger partial charge is 0.361 e. The second-order valence-electron chi connectivity index (χ2n) is 5.98. The van der Waals surface area contributed by atoms with E-state index in [0.717, 1.165) is 11.9 Å². The van der Waals surface area contributed by atoms with Crippen LogP contribution in [-0.4, -0.2) is 26.8 Å². The molecule has 2 N–H and O–H groups in total. The third kappa shape index (κ3) is 2.87. The summed E-state index contributed by atoms with van der Waals surface area (Å²) in [4.78, 5) is 20.3. The van der Waals surface area contributed by atoms with Crippen LogP contribution in [-0.2, 0) is 6.42 Å². The van der Waals surface area contributed by atoms with E-state index < -0.39 is 0 Å². The van der Waals surface area contributed by atoms with E-state index >= 15 is 0 Å². The molecule has 0 unspecified atom stereocenters. The quantitative estimate of drug-likeness (QED) is 0.587. The molecule has 0 saturated heterocycles. The smallest absolute Gasteiger partial charge is 0.270 e. The van der Waals surface area contributed by atoms with Gasteiger partial charge in [0.15, 0.2) is 0 Å². The zero-order chi connectivity index (χ0) is 17.4. The number of nitrogens with one attached hydrogen (secondary N) is 2. The van der Waals surface area contributed by atoms with E-state index in [4.69, 9.17) is 11.6 Å². The predicted molar refractivity (Wildman–Crippen MR) is 99.3 cm³/mol. The van der Waals surface area contributed by atoms with Gasteiger partial charge in [-0.2, -0.15) is 0 Å². The number of carbonyl (C=O) groups is 1. The van der Waals surface area contributed by atoms with E-state index in [0.29, 0.717) is 28.6 Å². The molecule has 1 aromatic carbocycles. The highest BCUT2D eigenvalue weighted by Gasteiger charge is 2.16. The van der Waals surface area contributed by atoms with Crippen molar-refractivity contribution in [3.8, 4) is 0 Å². The van der Waals surface area contributed by atoms with Crippen LogP contribution >= 0.6 is 11.6 Å². The number of aromatic nitrogens is 3. The van der Waals surface area contributed by atoms with Crippen molar-refractivity contribution in [2.24, 2.45) is 0 Å². The number of imidazole rings is 1. The van der Waals surface area contributed by atoms with Crippen molar-refractivity contribution >= 4 is 34.1 Å². The number of carbonyl (C=O) groups excluding carboxylic acids is 1. The lowest BCUT2D eigenvalue weighted by molar-refractivity contribution is 0.0947. The Bertz CT molecular complexity index is 1080. The van der Waals surface area contributed by atoms with Gasteiger partial charge < -0.3 is 10.3 Å². The van der Waals surface area contributed by atoms with Crippen molar-refractivity contribution in [3.05, 3.63) is 70.8 Å². The molecule has 4 rings (SSSR count). The molecule has 0 aliphatic carbocycles. The number of amides is 1. The molecule has 126 valence electrons. The van der Waals surface area contributed by atoms with E-state index in [-0.39, 0.29) is 5.91 Å². The lowest BCUT2D eigenvalue weighted by Gasteiger charge is -2.06. The fourth-order valence-corrected chi connectivity index (χ4v) is 3.30.